The van der Waals surface area contributed by atoms with Crippen molar-refractivity contribution < 1.29 is 24.3 Å². The van der Waals surface area contributed by atoms with Crippen LogP contribution in [0.2, 0.25) is 0 Å². The van der Waals surface area contributed by atoms with Crippen LogP contribution in [0.25, 0.3) is 5.76 Å². The number of aromatic nitrogens is 1. The lowest BCUT2D eigenvalue weighted by Crippen LogP contribution is -3.14. The lowest BCUT2D eigenvalue weighted by Gasteiger charge is -2.30. The summed E-state index contributed by atoms with van der Waals surface area (Å²) in [7, 11) is 0. The maximum absolute atomic E-state index is 13.4. The third-order valence-electron chi connectivity index (χ3n) is 6.47. The number of likely N-dealkylation sites (tertiary alicyclic amines) is 1. The first kappa shape index (κ1) is 23.1. The van der Waals surface area contributed by atoms with Crippen LogP contribution in [0.1, 0.15) is 43.5 Å². The molecule has 2 aliphatic rings. The van der Waals surface area contributed by atoms with E-state index < -0.39 is 23.5 Å². The number of Topliss-reactive ketones (excluding diaryl/α,β-unsaturated/α-hetero) is 1. The number of nitrogens with one attached hydrogen (secondary N) is 1. The Hall–Kier alpha value is -3.03. The van der Waals surface area contributed by atoms with Gasteiger partial charge in [-0.2, -0.15) is 0 Å². The van der Waals surface area contributed by atoms with Gasteiger partial charge in [0.2, 0.25) is 5.78 Å². The molecule has 2 aromatic rings. The van der Waals surface area contributed by atoms with E-state index in [-0.39, 0.29) is 11.0 Å². The number of nitrogens with zero attached hydrogens (tertiary/aromatic N) is 2. The lowest BCUT2D eigenvalue weighted by atomic mass is 9.85. The SMILES string of the molecule is CC(C)(C)c1ccc(C2C(=C([O-])c3ccncc3)C(=O)C(=O)N2CC[NH+]2CCOCC2)cc1. The Morgan fingerprint density at radius 1 is 1.09 bits per heavy atom. The Bertz CT molecular complexity index is 1040. The molecule has 0 spiro atoms. The highest BCUT2D eigenvalue weighted by molar-refractivity contribution is 6.46. The second-order valence-electron chi connectivity index (χ2n) is 9.69. The molecule has 1 atom stereocenters. The topological polar surface area (TPSA) is 87.0 Å². The van der Waals surface area contributed by atoms with Gasteiger partial charge in [-0.25, -0.2) is 0 Å². The Morgan fingerprint density at radius 2 is 1.73 bits per heavy atom. The summed E-state index contributed by atoms with van der Waals surface area (Å²) < 4.78 is 5.43. The molecule has 1 N–H and O–H groups in total. The van der Waals surface area contributed by atoms with E-state index in [0.717, 1.165) is 24.2 Å². The minimum Gasteiger partial charge on any atom is -0.872 e. The molecule has 7 nitrogen and oxygen atoms in total. The maximum atomic E-state index is 13.4. The zero-order chi connectivity index (χ0) is 23.6. The van der Waals surface area contributed by atoms with Gasteiger partial charge < -0.3 is 19.6 Å². The van der Waals surface area contributed by atoms with Gasteiger partial charge >= 0.3 is 0 Å². The molecule has 2 saturated heterocycles. The van der Waals surface area contributed by atoms with Crippen LogP contribution in [0.5, 0.6) is 0 Å². The number of carbonyl (C=O) groups excluding carboxylic acids is 2. The first-order valence-electron chi connectivity index (χ1n) is 11.5. The summed E-state index contributed by atoms with van der Waals surface area (Å²) in [5.41, 5.74) is 2.27. The largest absolute Gasteiger partial charge is 0.872 e. The number of amides is 1. The van der Waals surface area contributed by atoms with Crippen LogP contribution in [0, 0.1) is 0 Å². The zero-order valence-corrected chi connectivity index (χ0v) is 19.5. The van der Waals surface area contributed by atoms with Gasteiger partial charge in [-0.1, -0.05) is 50.8 Å². The highest BCUT2D eigenvalue weighted by atomic mass is 16.5. The van der Waals surface area contributed by atoms with E-state index in [4.69, 9.17) is 4.74 Å². The van der Waals surface area contributed by atoms with E-state index in [0.29, 0.717) is 31.9 Å². The number of pyridine rings is 1. The van der Waals surface area contributed by atoms with Crippen molar-refractivity contribution in [2.45, 2.75) is 32.2 Å². The van der Waals surface area contributed by atoms with Gasteiger partial charge in [0.05, 0.1) is 32.3 Å². The highest BCUT2D eigenvalue weighted by Crippen LogP contribution is 2.39. The van der Waals surface area contributed by atoms with Crippen molar-refractivity contribution in [3.05, 3.63) is 71.1 Å². The van der Waals surface area contributed by atoms with Crippen molar-refractivity contribution >= 4 is 17.4 Å². The Labute approximate surface area is 194 Å². The van der Waals surface area contributed by atoms with Crippen molar-refractivity contribution in [3.8, 4) is 0 Å². The third-order valence-corrected chi connectivity index (χ3v) is 6.47. The summed E-state index contributed by atoms with van der Waals surface area (Å²) in [6, 6.07) is 10.4. The van der Waals surface area contributed by atoms with E-state index >= 15 is 0 Å². The molecule has 1 unspecified atom stereocenters. The zero-order valence-electron chi connectivity index (χ0n) is 19.5. The molecular weight excluding hydrogens is 418 g/mol. The van der Waals surface area contributed by atoms with Crippen LogP contribution in [0.3, 0.4) is 0 Å². The molecule has 1 amide bonds. The summed E-state index contributed by atoms with van der Waals surface area (Å²) in [4.78, 5) is 33.1. The Kier molecular flexibility index (Phi) is 6.63. The molecule has 0 radical (unpaired) electrons. The average Bonchev–Trinajstić information content (AvgIpc) is 3.08. The predicted octanol–water partition coefficient (Wildman–Crippen LogP) is 0.518. The maximum Gasteiger partial charge on any atom is 0.295 e. The van der Waals surface area contributed by atoms with E-state index in [9.17, 15) is 14.7 Å². The number of ketones is 1. The number of rotatable bonds is 5. The highest BCUT2D eigenvalue weighted by Gasteiger charge is 2.44. The summed E-state index contributed by atoms with van der Waals surface area (Å²) in [6.07, 6.45) is 3.03. The summed E-state index contributed by atoms with van der Waals surface area (Å²) in [5, 5.41) is 13.4. The molecular formula is C26H31N3O4. The van der Waals surface area contributed by atoms with Crippen molar-refractivity contribution in [3.63, 3.8) is 0 Å². The fourth-order valence-electron chi connectivity index (χ4n) is 4.46. The van der Waals surface area contributed by atoms with Gasteiger partial charge in [0.25, 0.3) is 5.91 Å². The fourth-order valence-corrected chi connectivity index (χ4v) is 4.46. The molecule has 2 fully saturated rings. The van der Waals surface area contributed by atoms with E-state index in [2.05, 4.69) is 25.8 Å². The van der Waals surface area contributed by atoms with Crippen LogP contribution in [0.15, 0.2) is 54.4 Å². The fraction of sp³-hybridized carbons (Fsp3) is 0.423. The van der Waals surface area contributed by atoms with Crippen LogP contribution in [-0.4, -0.2) is 61.0 Å². The van der Waals surface area contributed by atoms with E-state index in [1.54, 1.807) is 17.0 Å². The summed E-state index contributed by atoms with van der Waals surface area (Å²) >= 11 is 0. The number of ether oxygens (including phenoxy) is 1. The van der Waals surface area contributed by atoms with Crippen LogP contribution in [-0.2, 0) is 19.7 Å². The molecule has 0 bridgehead atoms. The van der Waals surface area contributed by atoms with Gasteiger partial charge in [0.15, 0.2) is 0 Å². The Morgan fingerprint density at radius 3 is 2.33 bits per heavy atom. The standard InChI is InChI=1S/C26H31N3O4/c1-26(2,3)20-6-4-18(5-7-20)22-21(23(30)19-8-10-27-11-9-19)24(31)25(32)29(22)13-12-28-14-16-33-17-15-28/h4-11,22,30H,12-17H2,1-3H3. The number of quaternary nitrogens is 1. The van der Waals surface area contributed by atoms with E-state index in [1.807, 2.05) is 24.3 Å². The molecule has 3 heterocycles. The number of carbonyl (C=O) groups is 2. The molecule has 0 aliphatic carbocycles. The van der Waals surface area contributed by atoms with E-state index in [1.165, 1.54) is 17.3 Å². The van der Waals surface area contributed by atoms with Gasteiger partial charge in [-0.05, 0) is 34.2 Å². The molecule has 4 rings (SSSR count). The minimum atomic E-state index is -0.710. The molecule has 33 heavy (non-hydrogen) atoms. The van der Waals surface area contributed by atoms with Gasteiger partial charge in [-0.15, -0.1) is 0 Å². The van der Waals surface area contributed by atoms with Crippen molar-refractivity contribution in [2.24, 2.45) is 0 Å². The summed E-state index contributed by atoms with van der Waals surface area (Å²) in [6.45, 7) is 10.6. The van der Waals surface area contributed by atoms with Crippen LogP contribution in [0.4, 0.5) is 0 Å². The third kappa shape index (κ3) is 4.84. The molecule has 7 heteroatoms. The van der Waals surface area contributed by atoms with Crippen LogP contribution >= 0.6 is 0 Å². The summed E-state index contributed by atoms with van der Waals surface area (Å²) in [5.74, 6) is -1.73. The number of morpholine rings is 1. The molecule has 2 aliphatic heterocycles. The van der Waals surface area contributed by atoms with Crippen molar-refractivity contribution in [1.29, 1.82) is 0 Å². The number of hydrogen-bond acceptors (Lipinski definition) is 5. The minimum absolute atomic E-state index is 0.0201. The smallest absolute Gasteiger partial charge is 0.295 e. The predicted molar refractivity (Wildman–Crippen MR) is 122 cm³/mol. The lowest BCUT2D eigenvalue weighted by molar-refractivity contribution is -0.907. The first-order valence-corrected chi connectivity index (χ1v) is 11.5. The molecule has 1 aromatic carbocycles. The van der Waals surface area contributed by atoms with Gasteiger partial charge in [-0.3, -0.25) is 14.6 Å². The van der Waals surface area contributed by atoms with Crippen LogP contribution < -0.4 is 10.0 Å². The normalized spacial score (nSPS) is 21.5. The average molecular weight is 450 g/mol. The Balaban J connectivity index is 1.73. The molecule has 0 saturated carbocycles. The second kappa shape index (κ2) is 9.45. The second-order valence-corrected chi connectivity index (χ2v) is 9.69. The monoisotopic (exact) mass is 449 g/mol. The van der Waals surface area contributed by atoms with Gasteiger partial charge in [0.1, 0.15) is 13.1 Å². The van der Waals surface area contributed by atoms with Gasteiger partial charge in [0, 0.05) is 18.0 Å². The molecule has 1 aromatic heterocycles. The quantitative estimate of drug-likeness (QED) is 0.409. The van der Waals surface area contributed by atoms with Crippen molar-refractivity contribution in [1.82, 2.24) is 9.88 Å². The number of benzene rings is 1. The number of hydrogen-bond donors (Lipinski definition) is 1. The molecule has 174 valence electrons. The van der Waals surface area contributed by atoms with Crippen molar-refractivity contribution in [2.75, 3.05) is 39.4 Å². The first-order chi connectivity index (χ1) is 15.8.